The van der Waals surface area contributed by atoms with Crippen molar-refractivity contribution in [2.75, 3.05) is 32.9 Å². The van der Waals surface area contributed by atoms with E-state index in [-0.39, 0.29) is 24.2 Å². The Labute approximate surface area is 179 Å². The summed E-state index contributed by atoms with van der Waals surface area (Å²) < 4.78 is 0. The minimum Gasteiger partial charge on any atom is -0.353 e. The van der Waals surface area contributed by atoms with Gasteiger partial charge in [0.05, 0.1) is 11.3 Å². The molecule has 0 unspecified atom stereocenters. The molecule has 0 heterocycles. The molecule has 0 bridgehead atoms. The van der Waals surface area contributed by atoms with Crippen molar-refractivity contribution >= 4 is 36.0 Å². The standard InChI is InChI=1S/C21H33N3O2S.ClH/c1-22-14-15-24(2)21(26)18-12-8-9-13-19(18)27-16-20(25)23-17-10-6-4-3-5-7-11-17;/h8-9,12-13,17,22H,3-7,10-11,14-16H2,1-2H3,(H,23,25);1H. The normalized spacial score (nSPS) is 15.1. The van der Waals surface area contributed by atoms with Crippen LogP contribution in [-0.4, -0.2) is 55.7 Å². The first-order valence-corrected chi connectivity index (χ1v) is 11.0. The van der Waals surface area contributed by atoms with Crippen LogP contribution in [0.3, 0.4) is 0 Å². The number of hydrogen-bond acceptors (Lipinski definition) is 4. The Morgan fingerprint density at radius 2 is 1.75 bits per heavy atom. The zero-order valence-electron chi connectivity index (χ0n) is 17.0. The molecule has 2 amide bonds. The molecule has 1 saturated carbocycles. The smallest absolute Gasteiger partial charge is 0.254 e. The number of benzene rings is 1. The SMILES string of the molecule is CNCCN(C)C(=O)c1ccccc1SCC(=O)NC1CCCCCCC1.Cl. The van der Waals surface area contributed by atoms with E-state index < -0.39 is 0 Å². The van der Waals surface area contributed by atoms with Gasteiger partial charge in [-0.3, -0.25) is 9.59 Å². The van der Waals surface area contributed by atoms with E-state index >= 15 is 0 Å². The van der Waals surface area contributed by atoms with Gasteiger partial charge in [0.25, 0.3) is 5.91 Å². The molecule has 1 aromatic rings. The van der Waals surface area contributed by atoms with Crippen LogP contribution in [0.4, 0.5) is 0 Å². The van der Waals surface area contributed by atoms with Crippen LogP contribution in [0.2, 0.25) is 0 Å². The Morgan fingerprint density at radius 3 is 2.43 bits per heavy atom. The van der Waals surface area contributed by atoms with Crippen molar-refractivity contribution in [1.29, 1.82) is 0 Å². The Balaban J connectivity index is 0.00000392. The summed E-state index contributed by atoms with van der Waals surface area (Å²) in [4.78, 5) is 27.7. The van der Waals surface area contributed by atoms with Crippen LogP contribution in [-0.2, 0) is 4.79 Å². The van der Waals surface area contributed by atoms with Gasteiger partial charge in [-0.15, -0.1) is 24.2 Å². The van der Waals surface area contributed by atoms with E-state index in [1.165, 1.54) is 43.9 Å². The highest BCUT2D eigenvalue weighted by Gasteiger charge is 2.18. The fourth-order valence-corrected chi connectivity index (χ4v) is 4.22. The van der Waals surface area contributed by atoms with Crippen LogP contribution in [0.25, 0.3) is 0 Å². The molecule has 28 heavy (non-hydrogen) atoms. The summed E-state index contributed by atoms with van der Waals surface area (Å²) in [6, 6.07) is 7.86. The van der Waals surface area contributed by atoms with Crippen LogP contribution >= 0.6 is 24.2 Å². The van der Waals surface area contributed by atoms with E-state index in [2.05, 4.69) is 10.6 Å². The van der Waals surface area contributed by atoms with E-state index in [0.29, 0.717) is 23.9 Å². The minimum absolute atomic E-state index is 0. The first-order chi connectivity index (χ1) is 13.1. The molecule has 2 rings (SSSR count). The number of nitrogens with zero attached hydrogens (tertiary/aromatic N) is 1. The summed E-state index contributed by atoms with van der Waals surface area (Å²) in [7, 11) is 3.68. The van der Waals surface area contributed by atoms with E-state index in [1.54, 1.807) is 4.90 Å². The summed E-state index contributed by atoms with van der Waals surface area (Å²) in [5.74, 6) is 0.409. The van der Waals surface area contributed by atoms with Gasteiger partial charge in [-0.25, -0.2) is 0 Å². The van der Waals surface area contributed by atoms with Gasteiger partial charge in [0.15, 0.2) is 0 Å². The first-order valence-electron chi connectivity index (χ1n) is 10.0. The van der Waals surface area contributed by atoms with Crippen LogP contribution in [0.15, 0.2) is 29.2 Å². The van der Waals surface area contributed by atoms with Gasteiger partial charge in [0, 0.05) is 31.1 Å². The molecule has 0 spiro atoms. The third-order valence-electron chi connectivity index (χ3n) is 4.99. The molecule has 0 aromatic heterocycles. The second-order valence-corrected chi connectivity index (χ2v) is 8.24. The summed E-state index contributed by atoms with van der Waals surface area (Å²) >= 11 is 1.45. The largest absolute Gasteiger partial charge is 0.353 e. The molecule has 5 nitrogen and oxygen atoms in total. The summed E-state index contributed by atoms with van der Waals surface area (Å²) in [5.41, 5.74) is 0.667. The molecule has 1 aliphatic carbocycles. The molecule has 0 radical (unpaired) electrons. The zero-order chi connectivity index (χ0) is 19.5. The Bertz CT molecular complexity index is 607. The van der Waals surface area contributed by atoms with Crippen molar-refractivity contribution < 1.29 is 9.59 Å². The highest BCUT2D eigenvalue weighted by Crippen LogP contribution is 2.24. The van der Waals surface area contributed by atoms with E-state index in [4.69, 9.17) is 0 Å². The van der Waals surface area contributed by atoms with Crippen LogP contribution < -0.4 is 10.6 Å². The van der Waals surface area contributed by atoms with Crippen LogP contribution in [0.5, 0.6) is 0 Å². The average molecular weight is 428 g/mol. The highest BCUT2D eigenvalue weighted by molar-refractivity contribution is 8.00. The fraction of sp³-hybridized carbons (Fsp3) is 0.619. The van der Waals surface area contributed by atoms with Gasteiger partial charge in [-0.1, -0.05) is 44.2 Å². The molecule has 1 aliphatic rings. The number of carbonyl (C=O) groups is 2. The lowest BCUT2D eigenvalue weighted by Crippen LogP contribution is -2.36. The molecule has 0 atom stereocenters. The predicted molar refractivity (Wildman–Crippen MR) is 120 cm³/mol. The molecule has 158 valence electrons. The average Bonchev–Trinajstić information content (AvgIpc) is 2.66. The van der Waals surface area contributed by atoms with Gasteiger partial charge < -0.3 is 15.5 Å². The Morgan fingerprint density at radius 1 is 1.11 bits per heavy atom. The summed E-state index contributed by atoms with van der Waals surface area (Å²) in [6.07, 6.45) is 8.45. The maximum Gasteiger partial charge on any atom is 0.254 e. The third-order valence-corrected chi connectivity index (χ3v) is 6.06. The van der Waals surface area contributed by atoms with Crippen molar-refractivity contribution in [2.24, 2.45) is 0 Å². The second-order valence-electron chi connectivity index (χ2n) is 7.22. The van der Waals surface area contributed by atoms with E-state index in [9.17, 15) is 9.59 Å². The lowest BCUT2D eigenvalue weighted by atomic mass is 9.97. The lowest BCUT2D eigenvalue weighted by molar-refractivity contribution is -0.119. The molecule has 0 saturated heterocycles. The van der Waals surface area contributed by atoms with Crippen molar-refractivity contribution in [3.8, 4) is 0 Å². The van der Waals surface area contributed by atoms with E-state index in [1.807, 2.05) is 38.4 Å². The van der Waals surface area contributed by atoms with Gasteiger partial charge in [-0.2, -0.15) is 0 Å². The zero-order valence-corrected chi connectivity index (χ0v) is 18.7. The Kier molecular flexibility index (Phi) is 12.3. The molecule has 2 N–H and O–H groups in total. The first kappa shape index (κ1) is 24.8. The molecule has 7 heteroatoms. The number of rotatable bonds is 8. The number of carbonyl (C=O) groups excluding carboxylic acids is 2. The number of nitrogens with one attached hydrogen (secondary N) is 2. The quantitative estimate of drug-likeness (QED) is 0.620. The monoisotopic (exact) mass is 427 g/mol. The van der Waals surface area contributed by atoms with Crippen molar-refractivity contribution in [2.45, 2.75) is 55.9 Å². The highest BCUT2D eigenvalue weighted by atomic mass is 35.5. The minimum atomic E-state index is -0.00576. The number of halogens is 1. The van der Waals surface area contributed by atoms with Crippen molar-refractivity contribution in [3.63, 3.8) is 0 Å². The second kappa shape index (κ2) is 13.9. The van der Waals surface area contributed by atoms with Gasteiger partial charge >= 0.3 is 0 Å². The topological polar surface area (TPSA) is 61.4 Å². The molecule has 0 aliphatic heterocycles. The number of hydrogen-bond donors (Lipinski definition) is 2. The van der Waals surface area contributed by atoms with Gasteiger partial charge in [-0.05, 0) is 32.0 Å². The maximum absolute atomic E-state index is 12.7. The van der Waals surface area contributed by atoms with Crippen molar-refractivity contribution in [1.82, 2.24) is 15.5 Å². The number of amides is 2. The predicted octanol–water partition coefficient (Wildman–Crippen LogP) is 3.72. The summed E-state index contributed by atoms with van der Waals surface area (Å²) in [6.45, 7) is 1.40. The molecule has 1 fully saturated rings. The van der Waals surface area contributed by atoms with Crippen LogP contribution in [0, 0.1) is 0 Å². The number of likely N-dealkylation sites (N-methyl/N-ethyl adjacent to an activating group) is 2. The van der Waals surface area contributed by atoms with Crippen LogP contribution in [0.1, 0.15) is 55.3 Å². The van der Waals surface area contributed by atoms with Gasteiger partial charge in [0.2, 0.25) is 5.91 Å². The molecular weight excluding hydrogens is 394 g/mol. The Hall–Kier alpha value is -1.24. The molecular formula is C21H34ClN3O2S. The van der Waals surface area contributed by atoms with E-state index in [0.717, 1.165) is 24.3 Å². The van der Waals surface area contributed by atoms with Gasteiger partial charge in [0.1, 0.15) is 0 Å². The fourth-order valence-electron chi connectivity index (χ4n) is 3.37. The summed E-state index contributed by atoms with van der Waals surface area (Å²) in [5, 5.41) is 6.25. The lowest BCUT2D eigenvalue weighted by Gasteiger charge is -2.21. The van der Waals surface area contributed by atoms with Crippen molar-refractivity contribution in [3.05, 3.63) is 29.8 Å². The third kappa shape index (κ3) is 8.41. The molecule has 1 aromatic carbocycles. The maximum atomic E-state index is 12.7. The number of thioether (sulfide) groups is 1.